The Morgan fingerprint density at radius 2 is 2.06 bits per heavy atom. The largest absolute Gasteiger partial charge is 0.477 e. The molecule has 98 valence electrons. The van der Waals surface area contributed by atoms with Crippen molar-refractivity contribution in [3.05, 3.63) is 21.9 Å². The van der Waals surface area contributed by atoms with Gasteiger partial charge in [0.1, 0.15) is 4.88 Å². The average Bonchev–Trinajstić information content (AvgIpc) is 2.73. The fourth-order valence-electron chi connectivity index (χ4n) is 1.91. The lowest BCUT2D eigenvalue weighted by molar-refractivity contribution is 0.0698. The number of carboxylic acid groups (broad SMARTS) is 1. The van der Waals surface area contributed by atoms with Crippen molar-refractivity contribution in [2.24, 2.45) is 0 Å². The number of carbonyl (C=O) groups excluding carboxylic acids is 1. The van der Waals surface area contributed by atoms with E-state index in [4.69, 9.17) is 5.11 Å². The second-order valence-electron chi connectivity index (χ2n) is 4.22. The van der Waals surface area contributed by atoms with Crippen LogP contribution in [0.4, 0.5) is 0 Å². The van der Waals surface area contributed by atoms with Crippen LogP contribution < -0.4 is 0 Å². The molecule has 0 radical (unpaired) electrons. The van der Waals surface area contributed by atoms with Gasteiger partial charge < -0.3 is 10.0 Å². The number of rotatable bonds is 2. The SMILES string of the molecule is CC1CCSCCN1C(=O)c1ccc(C(=O)O)s1. The quantitative estimate of drug-likeness (QED) is 0.906. The summed E-state index contributed by atoms with van der Waals surface area (Å²) in [4.78, 5) is 25.7. The zero-order chi connectivity index (χ0) is 13.1. The molecule has 4 nitrogen and oxygen atoms in total. The molecule has 1 amide bonds. The monoisotopic (exact) mass is 285 g/mol. The highest BCUT2D eigenvalue weighted by Gasteiger charge is 2.24. The molecule has 1 fully saturated rings. The van der Waals surface area contributed by atoms with E-state index in [2.05, 4.69) is 6.92 Å². The van der Waals surface area contributed by atoms with Crippen LogP contribution in [0.3, 0.4) is 0 Å². The molecular weight excluding hydrogens is 270 g/mol. The van der Waals surface area contributed by atoms with E-state index in [1.54, 1.807) is 6.07 Å². The third-order valence-corrected chi connectivity index (χ3v) is 5.03. The molecule has 1 aromatic heterocycles. The molecule has 0 spiro atoms. The Balaban J connectivity index is 2.15. The number of aromatic carboxylic acids is 1. The van der Waals surface area contributed by atoms with Gasteiger partial charge in [-0.2, -0.15) is 11.8 Å². The van der Waals surface area contributed by atoms with Gasteiger partial charge in [0, 0.05) is 18.3 Å². The molecule has 1 aliphatic rings. The van der Waals surface area contributed by atoms with Crippen molar-refractivity contribution in [1.29, 1.82) is 0 Å². The standard InChI is InChI=1S/C12H15NO3S2/c1-8-4-6-17-7-5-13(8)11(14)9-2-3-10(18-9)12(15)16/h2-3,8H,4-7H2,1H3,(H,15,16). The summed E-state index contributed by atoms with van der Waals surface area (Å²) in [6, 6.07) is 3.33. The van der Waals surface area contributed by atoms with Gasteiger partial charge >= 0.3 is 5.97 Å². The Bertz CT molecular complexity index is 458. The Hall–Kier alpha value is -1.01. The molecule has 2 rings (SSSR count). The van der Waals surface area contributed by atoms with Gasteiger partial charge in [-0.3, -0.25) is 4.79 Å². The number of amides is 1. The van der Waals surface area contributed by atoms with E-state index >= 15 is 0 Å². The van der Waals surface area contributed by atoms with E-state index in [0.717, 1.165) is 35.8 Å². The van der Waals surface area contributed by atoms with Crippen molar-refractivity contribution in [2.75, 3.05) is 18.1 Å². The van der Waals surface area contributed by atoms with E-state index in [0.29, 0.717) is 4.88 Å². The summed E-state index contributed by atoms with van der Waals surface area (Å²) in [7, 11) is 0. The number of carboxylic acids is 1. The smallest absolute Gasteiger partial charge is 0.345 e. The van der Waals surface area contributed by atoms with Gasteiger partial charge in [-0.1, -0.05) is 0 Å². The number of nitrogens with zero attached hydrogens (tertiary/aromatic N) is 1. The van der Waals surface area contributed by atoms with E-state index in [-0.39, 0.29) is 16.8 Å². The van der Waals surface area contributed by atoms with E-state index in [9.17, 15) is 9.59 Å². The van der Waals surface area contributed by atoms with Gasteiger partial charge in [-0.05, 0) is 31.2 Å². The van der Waals surface area contributed by atoms with Crippen LogP contribution >= 0.6 is 23.1 Å². The first-order valence-corrected chi connectivity index (χ1v) is 7.78. The summed E-state index contributed by atoms with van der Waals surface area (Å²) in [6.07, 6.45) is 0.994. The predicted octanol–water partition coefficient (Wildman–Crippen LogP) is 2.41. The van der Waals surface area contributed by atoms with Crippen molar-refractivity contribution in [2.45, 2.75) is 19.4 Å². The molecule has 0 aromatic carbocycles. The molecule has 2 heterocycles. The molecule has 18 heavy (non-hydrogen) atoms. The van der Waals surface area contributed by atoms with Crippen molar-refractivity contribution in [3.8, 4) is 0 Å². The molecule has 0 bridgehead atoms. The highest BCUT2D eigenvalue weighted by Crippen LogP contribution is 2.22. The number of hydrogen-bond acceptors (Lipinski definition) is 4. The van der Waals surface area contributed by atoms with Crippen LogP contribution in [0.25, 0.3) is 0 Å². The van der Waals surface area contributed by atoms with Gasteiger partial charge in [-0.25, -0.2) is 4.79 Å². The summed E-state index contributed by atoms with van der Waals surface area (Å²) < 4.78 is 0. The second kappa shape index (κ2) is 5.75. The molecule has 6 heteroatoms. The normalized spacial score (nSPS) is 20.5. The molecule has 1 saturated heterocycles. The Labute approximate surface area is 114 Å². The molecule has 1 aromatic rings. The Morgan fingerprint density at radius 3 is 2.72 bits per heavy atom. The minimum Gasteiger partial charge on any atom is -0.477 e. The lowest BCUT2D eigenvalue weighted by Gasteiger charge is -2.26. The molecule has 0 aliphatic carbocycles. The summed E-state index contributed by atoms with van der Waals surface area (Å²) in [5.74, 6) is 1.02. The number of thiophene rings is 1. The Kier molecular flexibility index (Phi) is 4.29. The van der Waals surface area contributed by atoms with E-state index in [1.165, 1.54) is 6.07 Å². The Morgan fingerprint density at radius 1 is 1.33 bits per heavy atom. The minimum atomic E-state index is -0.974. The number of hydrogen-bond donors (Lipinski definition) is 1. The fourth-order valence-corrected chi connectivity index (χ4v) is 3.74. The highest BCUT2D eigenvalue weighted by molar-refractivity contribution is 7.99. The lowest BCUT2D eigenvalue weighted by Crippen LogP contribution is -2.38. The molecule has 0 saturated carbocycles. The summed E-state index contributed by atoms with van der Waals surface area (Å²) in [5, 5.41) is 8.87. The van der Waals surface area contributed by atoms with Crippen LogP contribution in [0.15, 0.2) is 12.1 Å². The summed E-state index contributed by atoms with van der Waals surface area (Å²) >= 11 is 2.92. The second-order valence-corrected chi connectivity index (χ2v) is 6.53. The maximum atomic E-state index is 12.3. The zero-order valence-electron chi connectivity index (χ0n) is 10.1. The van der Waals surface area contributed by atoms with Gasteiger partial charge in [0.25, 0.3) is 5.91 Å². The van der Waals surface area contributed by atoms with Crippen LogP contribution in [0.5, 0.6) is 0 Å². The predicted molar refractivity (Wildman–Crippen MR) is 73.7 cm³/mol. The summed E-state index contributed by atoms with van der Waals surface area (Å²) in [5.41, 5.74) is 0. The van der Waals surface area contributed by atoms with Crippen LogP contribution in [0.2, 0.25) is 0 Å². The third kappa shape index (κ3) is 2.87. The summed E-state index contributed by atoms with van der Waals surface area (Å²) in [6.45, 7) is 2.79. The van der Waals surface area contributed by atoms with Crippen LogP contribution in [-0.4, -0.2) is 46.0 Å². The fraction of sp³-hybridized carbons (Fsp3) is 0.500. The molecule has 1 aliphatic heterocycles. The van der Waals surface area contributed by atoms with Crippen LogP contribution in [-0.2, 0) is 0 Å². The van der Waals surface area contributed by atoms with Crippen LogP contribution in [0.1, 0.15) is 32.7 Å². The lowest BCUT2D eigenvalue weighted by atomic mass is 10.2. The van der Waals surface area contributed by atoms with Crippen LogP contribution in [0, 0.1) is 0 Å². The highest BCUT2D eigenvalue weighted by atomic mass is 32.2. The maximum absolute atomic E-state index is 12.3. The van der Waals surface area contributed by atoms with Crippen molar-refractivity contribution in [3.63, 3.8) is 0 Å². The molecular formula is C12H15NO3S2. The minimum absolute atomic E-state index is 0.0394. The van der Waals surface area contributed by atoms with Gasteiger partial charge in [0.2, 0.25) is 0 Å². The van der Waals surface area contributed by atoms with E-state index < -0.39 is 5.97 Å². The molecule has 1 N–H and O–H groups in total. The number of thioether (sulfide) groups is 1. The number of carbonyl (C=O) groups is 2. The first-order valence-electron chi connectivity index (χ1n) is 5.81. The van der Waals surface area contributed by atoms with Crippen molar-refractivity contribution in [1.82, 2.24) is 4.90 Å². The first kappa shape index (κ1) is 13.4. The van der Waals surface area contributed by atoms with Gasteiger partial charge in [-0.15, -0.1) is 11.3 Å². The maximum Gasteiger partial charge on any atom is 0.345 e. The molecule has 1 unspecified atom stereocenters. The first-order chi connectivity index (χ1) is 8.59. The average molecular weight is 285 g/mol. The molecule has 1 atom stereocenters. The van der Waals surface area contributed by atoms with Gasteiger partial charge in [0.15, 0.2) is 0 Å². The van der Waals surface area contributed by atoms with Gasteiger partial charge in [0.05, 0.1) is 4.88 Å². The van der Waals surface area contributed by atoms with E-state index in [1.807, 2.05) is 16.7 Å². The van der Waals surface area contributed by atoms with Crippen molar-refractivity contribution >= 4 is 35.0 Å². The zero-order valence-corrected chi connectivity index (χ0v) is 11.7. The van der Waals surface area contributed by atoms with Crippen molar-refractivity contribution < 1.29 is 14.7 Å². The topological polar surface area (TPSA) is 57.6 Å². The third-order valence-electron chi connectivity index (χ3n) is 2.98.